The Kier molecular flexibility index (Phi) is 4.53. The lowest BCUT2D eigenvalue weighted by molar-refractivity contribution is 0.712. The Hall–Kier alpha value is -0.310. The second-order valence-electron chi connectivity index (χ2n) is 2.68. The number of hydrogen-bond donors (Lipinski definition) is 1. The number of fused-ring (bicyclic) bond motifs is 1. The molecular weight excluding hydrogens is 195 g/mol. The number of pyridine rings is 1. The van der Waals surface area contributed by atoms with E-state index in [0.29, 0.717) is 0 Å². The molecule has 1 aliphatic carbocycles. The molecule has 0 amide bonds. The van der Waals surface area contributed by atoms with Gasteiger partial charge in [-0.2, -0.15) is 0 Å². The fourth-order valence-electron chi connectivity index (χ4n) is 1.44. The fourth-order valence-corrected chi connectivity index (χ4v) is 1.44. The van der Waals surface area contributed by atoms with E-state index in [-0.39, 0.29) is 30.9 Å². The van der Waals surface area contributed by atoms with E-state index in [1.165, 1.54) is 11.3 Å². The predicted molar refractivity (Wildman–Crippen MR) is 54.0 cm³/mol. The Morgan fingerprint density at radius 1 is 1.42 bits per heavy atom. The average Bonchev–Trinajstić information content (AvgIpc) is 2.34. The van der Waals surface area contributed by atoms with Crippen molar-refractivity contribution in [3.63, 3.8) is 0 Å². The number of hydrogen-bond acceptors (Lipinski definition) is 2. The van der Waals surface area contributed by atoms with Crippen LogP contribution in [0.3, 0.4) is 0 Å². The molecule has 1 heterocycles. The first kappa shape index (κ1) is 11.7. The van der Waals surface area contributed by atoms with Crippen molar-refractivity contribution < 1.29 is 0 Å². The molecule has 0 bridgehead atoms. The second-order valence-corrected chi connectivity index (χ2v) is 2.68. The summed E-state index contributed by atoms with van der Waals surface area (Å²) in [5, 5.41) is 0. The SMILES string of the molecule is Cl.Cl.N[C@@H]1CCc2ncccc21. The van der Waals surface area contributed by atoms with Gasteiger partial charge in [0.25, 0.3) is 0 Å². The van der Waals surface area contributed by atoms with Crippen LogP contribution in [0.2, 0.25) is 0 Å². The maximum atomic E-state index is 5.81. The Morgan fingerprint density at radius 3 is 2.83 bits per heavy atom. The molecule has 68 valence electrons. The average molecular weight is 207 g/mol. The first-order valence-corrected chi connectivity index (χ1v) is 3.57. The molecule has 2 rings (SSSR count). The maximum absolute atomic E-state index is 5.81. The van der Waals surface area contributed by atoms with Gasteiger partial charge in [-0.25, -0.2) is 0 Å². The number of nitrogens with two attached hydrogens (primary N) is 1. The van der Waals surface area contributed by atoms with Crippen molar-refractivity contribution in [1.29, 1.82) is 0 Å². The summed E-state index contributed by atoms with van der Waals surface area (Å²) < 4.78 is 0. The zero-order chi connectivity index (χ0) is 6.97. The molecule has 2 N–H and O–H groups in total. The molecule has 0 saturated heterocycles. The highest BCUT2D eigenvalue weighted by Gasteiger charge is 2.18. The molecule has 0 fully saturated rings. The van der Waals surface area contributed by atoms with E-state index in [2.05, 4.69) is 11.1 Å². The van der Waals surface area contributed by atoms with Gasteiger partial charge in [0.05, 0.1) is 0 Å². The summed E-state index contributed by atoms with van der Waals surface area (Å²) in [6.07, 6.45) is 3.94. The number of aromatic nitrogens is 1. The lowest BCUT2D eigenvalue weighted by Gasteiger charge is -2.00. The van der Waals surface area contributed by atoms with Gasteiger partial charge in [-0.15, -0.1) is 24.8 Å². The standard InChI is InChI=1S/C8H10N2.2ClH/c9-7-3-4-8-6(7)2-1-5-10-8;;/h1-2,5,7H,3-4,9H2;2*1H/t7-;;/m1../s1. The van der Waals surface area contributed by atoms with Gasteiger partial charge in [-0.3, -0.25) is 4.98 Å². The van der Waals surface area contributed by atoms with Crippen LogP contribution in [0.5, 0.6) is 0 Å². The van der Waals surface area contributed by atoms with E-state index in [9.17, 15) is 0 Å². The van der Waals surface area contributed by atoms with Gasteiger partial charge in [-0.1, -0.05) is 6.07 Å². The van der Waals surface area contributed by atoms with Crippen LogP contribution in [0.15, 0.2) is 18.3 Å². The third-order valence-electron chi connectivity index (χ3n) is 2.02. The molecule has 0 saturated carbocycles. The first-order chi connectivity index (χ1) is 4.88. The van der Waals surface area contributed by atoms with E-state index >= 15 is 0 Å². The normalized spacial score (nSPS) is 18.9. The largest absolute Gasteiger partial charge is 0.324 e. The number of aryl methyl sites for hydroxylation is 1. The van der Waals surface area contributed by atoms with Gasteiger partial charge < -0.3 is 5.73 Å². The molecule has 1 aromatic heterocycles. The molecule has 0 radical (unpaired) electrons. The minimum Gasteiger partial charge on any atom is -0.324 e. The molecule has 4 heteroatoms. The van der Waals surface area contributed by atoms with Gasteiger partial charge in [0.2, 0.25) is 0 Å². The number of halogens is 2. The van der Waals surface area contributed by atoms with Gasteiger partial charge >= 0.3 is 0 Å². The molecule has 0 unspecified atom stereocenters. The minimum absolute atomic E-state index is 0. The van der Waals surface area contributed by atoms with Crippen molar-refractivity contribution in [1.82, 2.24) is 4.98 Å². The maximum Gasteiger partial charge on any atom is 0.0451 e. The van der Waals surface area contributed by atoms with E-state index in [1.807, 2.05) is 12.3 Å². The third-order valence-corrected chi connectivity index (χ3v) is 2.02. The van der Waals surface area contributed by atoms with Crippen molar-refractivity contribution in [3.8, 4) is 0 Å². The molecular formula is C8H12Cl2N2. The van der Waals surface area contributed by atoms with Crippen LogP contribution in [0, 0.1) is 0 Å². The summed E-state index contributed by atoms with van der Waals surface area (Å²) in [5.41, 5.74) is 8.23. The molecule has 2 nitrogen and oxygen atoms in total. The third kappa shape index (κ3) is 1.89. The predicted octanol–water partition coefficient (Wildman–Crippen LogP) is 1.87. The lowest BCUT2D eigenvalue weighted by Crippen LogP contribution is -2.04. The van der Waals surface area contributed by atoms with Crippen LogP contribution < -0.4 is 5.73 Å². The number of nitrogens with zero attached hydrogens (tertiary/aromatic N) is 1. The van der Waals surface area contributed by atoms with Gasteiger partial charge in [-0.05, 0) is 24.5 Å². The van der Waals surface area contributed by atoms with Crippen LogP contribution >= 0.6 is 24.8 Å². The quantitative estimate of drug-likeness (QED) is 0.705. The van der Waals surface area contributed by atoms with E-state index < -0.39 is 0 Å². The fraction of sp³-hybridized carbons (Fsp3) is 0.375. The first-order valence-electron chi connectivity index (χ1n) is 3.57. The zero-order valence-electron chi connectivity index (χ0n) is 6.56. The van der Waals surface area contributed by atoms with Gasteiger partial charge in [0.1, 0.15) is 0 Å². The molecule has 1 aromatic rings. The van der Waals surface area contributed by atoms with Gasteiger partial charge in [0.15, 0.2) is 0 Å². The molecule has 1 aliphatic rings. The second kappa shape index (κ2) is 4.65. The van der Waals surface area contributed by atoms with Crippen LogP contribution in [-0.4, -0.2) is 4.98 Å². The van der Waals surface area contributed by atoms with Crippen molar-refractivity contribution >= 4 is 24.8 Å². The van der Waals surface area contributed by atoms with Crippen LogP contribution in [-0.2, 0) is 6.42 Å². The topological polar surface area (TPSA) is 38.9 Å². The van der Waals surface area contributed by atoms with Gasteiger partial charge in [0, 0.05) is 17.9 Å². The zero-order valence-corrected chi connectivity index (χ0v) is 8.20. The smallest absolute Gasteiger partial charge is 0.0451 e. The van der Waals surface area contributed by atoms with E-state index in [0.717, 1.165) is 12.8 Å². The Labute approximate surface area is 84.4 Å². The molecule has 1 atom stereocenters. The molecule has 0 spiro atoms. The van der Waals surface area contributed by atoms with Crippen LogP contribution in [0.4, 0.5) is 0 Å². The highest BCUT2D eigenvalue weighted by Crippen LogP contribution is 2.26. The van der Waals surface area contributed by atoms with E-state index in [4.69, 9.17) is 5.73 Å². The number of rotatable bonds is 0. The van der Waals surface area contributed by atoms with Crippen LogP contribution in [0.1, 0.15) is 23.7 Å². The molecule has 0 aliphatic heterocycles. The van der Waals surface area contributed by atoms with E-state index in [1.54, 1.807) is 0 Å². The Bertz CT molecular complexity index is 253. The van der Waals surface area contributed by atoms with Crippen LogP contribution in [0.25, 0.3) is 0 Å². The van der Waals surface area contributed by atoms with Crippen molar-refractivity contribution in [2.24, 2.45) is 5.73 Å². The summed E-state index contributed by atoms with van der Waals surface area (Å²) in [6.45, 7) is 0. The van der Waals surface area contributed by atoms with Crippen molar-refractivity contribution in [3.05, 3.63) is 29.6 Å². The molecule has 0 aromatic carbocycles. The Morgan fingerprint density at radius 2 is 2.17 bits per heavy atom. The molecule has 12 heavy (non-hydrogen) atoms. The van der Waals surface area contributed by atoms with Crippen molar-refractivity contribution in [2.45, 2.75) is 18.9 Å². The highest BCUT2D eigenvalue weighted by atomic mass is 35.5. The Balaban J connectivity index is 0.000000605. The minimum atomic E-state index is 0. The monoisotopic (exact) mass is 206 g/mol. The summed E-state index contributed by atoms with van der Waals surface area (Å²) in [4.78, 5) is 4.23. The summed E-state index contributed by atoms with van der Waals surface area (Å²) in [7, 11) is 0. The highest BCUT2D eigenvalue weighted by molar-refractivity contribution is 5.85. The van der Waals surface area contributed by atoms with Crippen molar-refractivity contribution in [2.75, 3.05) is 0 Å². The lowest BCUT2D eigenvalue weighted by atomic mass is 10.2. The summed E-state index contributed by atoms with van der Waals surface area (Å²) in [6, 6.07) is 4.26. The summed E-state index contributed by atoms with van der Waals surface area (Å²) >= 11 is 0. The summed E-state index contributed by atoms with van der Waals surface area (Å²) in [5.74, 6) is 0.